The second-order valence-electron chi connectivity index (χ2n) is 8.79. The number of rotatable bonds is 11. The molecule has 0 aromatic heterocycles. The van der Waals surface area contributed by atoms with Crippen molar-refractivity contribution >= 4 is 17.4 Å². The fourth-order valence-corrected chi connectivity index (χ4v) is 4.47. The molecule has 8 nitrogen and oxygen atoms in total. The molecule has 0 saturated carbocycles. The number of amides is 1. The van der Waals surface area contributed by atoms with Gasteiger partial charge >= 0.3 is 0 Å². The van der Waals surface area contributed by atoms with Crippen LogP contribution in [-0.4, -0.2) is 73.1 Å². The number of aliphatic hydroxyl groups excluding tert-OH is 1. The highest BCUT2D eigenvalue weighted by Crippen LogP contribution is 2.45. The number of nitrogens with zero attached hydrogens (tertiary/aromatic N) is 2. The fourth-order valence-electron chi connectivity index (χ4n) is 4.47. The summed E-state index contributed by atoms with van der Waals surface area (Å²) >= 11 is 0. The van der Waals surface area contributed by atoms with Crippen LogP contribution >= 0.6 is 0 Å². The van der Waals surface area contributed by atoms with E-state index in [-0.39, 0.29) is 17.4 Å². The van der Waals surface area contributed by atoms with E-state index in [1.807, 2.05) is 27.7 Å². The quantitative estimate of drug-likeness (QED) is 0.283. The molecule has 1 N–H and O–H groups in total. The number of hydrogen-bond acceptors (Lipinski definition) is 7. The maximum atomic E-state index is 13.3. The normalized spacial score (nSPS) is 17.2. The summed E-state index contributed by atoms with van der Waals surface area (Å²) in [7, 11) is 3.04. The predicted octanol–water partition coefficient (Wildman–Crippen LogP) is 4.25. The van der Waals surface area contributed by atoms with Crippen LogP contribution in [0.3, 0.4) is 0 Å². The molecule has 3 rings (SSSR count). The summed E-state index contributed by atoms with van der Waals surface area (Å²) in [5.41, 5.74) is 1.00. The highest BCUT2D eigenvalue weighted by atomic mass is 16.5. The number of para-hydroxylation sites is 1. The lowest BCUT2D eigenvalue weighted by Gasteiger charge is -2.29. The molecule has 2 aromatic carbocycles. The third-order valence-corrected chi connectivity index (χ3v) is 6.32. The first-order valence-electron chi connectivity index (χ1n) is 12.3. The summed E-state index contributed by atoms with van der Waals surface area (Å²) in [4.78, 5) is 30.3. The van der Waals surface area contributed by atoms with Crippen molar-refractivity contribution in [1.29, 1.82) is 0 Å². The van der Waals surface area contributed by atoms with Gasteiger partial charge in [0.05, 0.1) is 31.9 Å². The number of ether oxygens (including phenoxy) is 3. The molecule has 1 saturated heterocycles. The summed E-state index contributed by atoms with van der Waals surface area (Å²) in [6.45, 7) is 10.5. The van der Waals surface area contributed by atoms with Crippen LogP contribution in [0, 0.1) is 0 Å². The number of carbonyl (C=O) groups excluding carboxylic acids is 2. The topological polar surface area (TPSA) is 88.5 Å². The number of Topliss-reactive ketones (excluding diaryl/α,β-unsaturated/α-hetero) is 1. The van der Waals surface area contributed by atoms with Crippen molar-refractivity contribution in [1.82, 2.24) is 9.80 Å². The maximum Gasteiger partial charge on any atom is 0.295 e. The van der Waals surface area contributed by atoms with Crippen LogP contribution in [0.25, 0.3) is 5.76 Å². The Kier molecular flexibility index (Phi) is 8.98. The minimum absolute atomic E-state index is 0.00102. The number of aliphatic hydroxyl groups is 1. The van der Waals surface area contributed by atoms with Gasteiger partial charge in [-0.15, -0.1) is 0 Å². The second kappa shape index (κ2) is 11.9. The highest BCUT2D eigenvalue weighted by Gasteiger charge is 2.47. The largest absolute Gasteiger partial charge is 0.507 e. The first-order chi connectivity index (χ1) is 17.3. The maximum absolute atomic E-state index is 13.3. The molecule has 1 aliphatic rings. The highest BCUT2D eigenvalue weighted by molar-refractivity contribution is 6.46. The lowest BCUT2D eigenvalue weighted by Crippen LogP contribution is -2.38. The number of methoxy groups -OCH3 is 2. The molecular weight excluding hydrogens is 460 g/mol. The van der Waals surface area contributed by atoms with Crippen LogP contribution < -0.4 is 14.2 Å². The molecule has 0 spiro atoms. The van der Waals surface area contributed by atoms with Crippen molar-refractivity contribution in [2.45, 2.75) is 39.8 Å². The lowest BCUT2D eigenvalue weighted by atomic mass is 9.94. The molecule has 0 aliphatic carbocycles. The molecule has 36 heavy (non-hydrogen) atoms. The van der Waals surface area contributed by atoms with Gasteiger partial charge in [-0.25, -0.2) is 0 Å². The smallest absolute Gasteiger partial charge is 0.295 e. The van der Waals surface area contributed by atoms with Crippen LogP contribution in [0.2, 0.25) is 0 Å². The van der Waals surface area contributed by atoms with Crippen molar-refractivity contribution < 1.29 is 28.9 Å². The Balaban J connectivity index is 2.15. The monoisotopic (exact) mass is 496 g/mol. The van der Waals surface area contributed by atoms with Crippen LogP contribution in [0.15, 0.2) is 48.0 Å². The fraction of sp³-hybridized carbons (Fsp3) is 0.429. The summed E-state index contributed by atoms with van der Waals surface area (Å²) in [6, 6.07) is 11.3. The molecule has 1 aliphatic heterocycles. The van der Waals surface area contributed by atoms with E-state index in [1.54, 1.807) is 42.5 Å². The number of benzene rings is 2. The van der Waals surface area contributed by atoms with E-state index in [0.29, 0.717) is 41.5 Å². The van der Waals surface area contributed by atoms with Crippen molar-refractivity contribution in [3.8, 4) is 17.2 Å². The average Bonchev–Trinajstić information content (AvgIpc) is 3.13. The van der Waals surface area contributed by atoms with Crippen molar-refractivity contribution in [2.75, 3.05) is 40.4 Å². The minimum Gasteiger partial charge on any atom is -0.507 e. The average molecular weight is 497 g/mol. The molecule has 8 heteroatoms. The van der Waals surface area contributed by atoms with Gasteiger partial charge in [0.15, 0.2) is 11.5 Å². The first-order valence-corrected chi connectivity index (χ1v) is 12.3. The Morgan fingerprint density at radius 3 is 2.25 bits per heavy atom. The molecular formula is C28H36N2O6. The Morgan fingerprint density at radius 2 is 1.69 bits per heavy atom. The minimum atomic E-state index is -0.836. The third-order valence-electron chi connectivity index (χ3n) is 6.32. The van der Waals surface area contributed by atoms with Gasteiger partial charge in [-0.3, -0.25) is 9.59 Å². The number of likely N-dealkylation sites (N-methyl/N-ethyl adjacent to an activating group) is 1. The molecule has 2 aromatic rings. The van der Waals surface area contributed by atoms with Crippen LogP contribution in [0.5, 0.6) is 17.2 Å². The van der Waals surface area contributed by atoms with Crippen molar-refractivity contribution in [2.24, 2.45) is 0 Å². The van der Waals surface area contributed by atoms with Gasteiger partial charge in [0.25, 0.3) is 11.7 Å². The Labute approximate surface area is 213 Å². The Morgan fingerprint density at radius 1 is 1.03 bits per heavy atom. The molecule has 0 radical (unpaired) electrons. The van der Waals surface area contributed by atoms with Crippen molar-refractivity contribution in [3.63, 3.8) is 0 Å². The van der Waals surface area contributed by atoms with E-state index in [0.717, 1.165) is 13.1 Å². The van der Waals surface area contributed by atoms with E-state index < -0.39 is 17.7 Å². The SMILES string of the molecule is CCN(CC)CCN1C(=O)C(=O)/C(=C(/O)c2ccc(OC(C)C)cc2)[C@H]1c1cccc(OC)c1OC. The summed E-state index contributed by atoms with van der Waals surface area (Å²) in [6.07, 6.45) is 0.00102. The molecule has 1 amide bonds. The summed E-state index contributed by atoms with van der Waals surface area (Å²) < 4.78 is 16.8. The molecule has 1 fully saturated rings. The molecule has 0 bridgehead atoms. The van der Waals surface area contributed by atoms with E-state index in [4.69, 9.17) is 14.2 Å². The first kappa shape index (κ1) is 27.1. The lowest BCUT2D eigenvalue weighted by molar-refractivity contribution is -0.140. The van der Waals surface area contributed by atoms with E-state index >= 15 is 0 Å². The molecule has 1 atom stereocenters. The van der Waals surface area contributed by atoms with Crippen molar-refractivity contribution in [3.05, 3.63) is 59.2 Å². The predicted molar refractivity (Wildman–Crippen MR) is 139 cm³/mol. The standard InChI is InChI=1S/C28H36N2O6/c1-7-29(8-2)16-17-30-24(21-10-9-11-22(34-5)27(21)35-6)23(26(32)28(30)33)25(31)19-12-14-20(15-13-19)36-18(3)4/h9-15,18,24,31H,7-8,16-17H2,1-6H3/b25-23+/t24-/m1/s1. The number of ketones is 1. The zero-order chi connectivity index (χ0) is 26.4. The number of likely N-dealkylation sites (tertiary alicyclic amines) is 1. The third kappa shape index (κ3) is 5.49. The summed E-state index contributed by atoms with van der Waals surface area (Å²) in [5, 5.41) is 11.3. The Bertz CT molecular complexity index is 1110. The van der Waals surface area contributed by atoms with Crippen LogP contribution in [0.4, 0.5) is 0 Å². The van der Waals surface area contributed by atoms with Crippen LogP contribution in [-0.2, 0) is 9.59 Å². The number of carbonyl (C=O) groups is 2. The zero-order valence-corrected chi connectivity index (χ0v) is 21.9. The van der Waals surface area contributed by atoms with Gasteiger partial charge in [-0.05, 0) is 57.3 Å². The second-order valence-corrected chi connectivity index (χ2v) is 8.79. The van der Waals surface area contributed by atoms with E-state index in [9.17, 15) is 14.7 Å². The van der Waals surface area contributed by atoms with Gasteiger partial charge < -0.3 is 29.1 Å². The molecule has 0 unspecified atom stereocenters. The van der Waals surface area contributed by atoms with Gasteiger partial charge in [-0.2, -0.15) is 0 Å². The van der Waals surface area contributed by atoms with Gasteiger partial charge in [0, 0.05) is 24.2 Å². The Hall–Kier alpha value is -3.52. The number of hydrogen-bond donors (Lipinski definition) is 1. The van der Waals surface area contributed by atoms with Gasteiger partial charge in [0.2, 0.25) is 0 Å². The van der Waals surface area contributed by atoms with Gasteiger partial charge in [-0.1, -0.05) is 26.0 Å². The van der Waals surface area contributed by atoms with E-state index in [1.165, 1.54) is 19.1 Å². The van der Waals surface area contributed by atoms with Gasteiger partial charge in [0.1, 0.15) is 11.5 Å². The summed E-state index contributed by atoms with van der Waals surface area (Å²) in [5.74, 6) is -0.106. The van der Waals surface area contributed by atoms with Crippen LogP contribution in [0.1, 0.15) is 44.9 Å². The molecule has 1 heterocycles. The molecule has 194 valence electrons. The van der Waals surface area contributed by atoms with E-state index in [2.05, 4.69) is 4.90 Å². The zero-order valence-electron chi connectivity index (χ0n) is 21.9.